The molecule has 126 valence electrons. The van der Waals surface area contributed by atoms with Crippen molar-refractivity contribution < 1.29 is 14.6 Å². The van der Waals surface area contributed by atoms with E-state index in [1.54, 1.807) is 12.1 Å². The molecule has 1 atom stereocenters. The SMILES string of the molecule is Nc1ccc(-c2ccc(C(O)C(=O)OCc3ccccc3)cc2)cc1. The van der Waals surface area contributed by atoms with Crippen molar-refractivity contribution in [3.63, 3.8) is 0 Å². The van der Waals surface area contributed by atoms with Gasteiger partial charge in [0.25, 0.3) is 0 Å². The highest BCUT2D eigenvalue weighted by atomic mass is 16.5. The number of benzene rings is 3. The van der Waals surface area contributed by atoms with Gasteiger partial charge < -0.3 is 15.6 Å². The molecule has 0 saturated heterocycles. The molecule has 0 aliphatic carbocycles. The van der Waals surface area contributed by atoms with Crippen LogP contribution in [0.5, 0.6) is 0 Å². The van der Waals surface area contributed by atoms with Crippen LogP contribution < -0.4 is 5.73 Å². The Bertz CT molecular complexity index is 827. The molecule has 0 amide bonds. The van der Waals surface area contributed by atoms with Crippen LogP contribution in [0.15, 0.2) is 78.9 Å². The van der Waals surface area contributed by atoms with E-state index in [1.807, 2.05) is 66.7 Å². The number of nitrogens with two attached hydrogens (primary N) is 1. The number of nitrogen functional groups attached to an aromatic ring is 1. The maximum atomic E-state index is 12.0. The largest absolute Gasteiger partial charge is 0.459 e. The van der Waals surface area contributed by atoms with Crippen LogP contribution in [0.3, 0.4) is 0 Å². The van der Waals surface area contributed by atoms with Gasteiger partial charge in [-0.1, -0.05) is 66.7 Å². The molecule has 0 aliphatic heterocycles. The molecule has 0 saturated carbocycles. The fourth-order valence-electron chi connectivity index (χ4n) is 2.48. The Morgan fingerprint density at radius 2 is 1.44 bits per heavy atom. The number of carbonyl (C=O) groups is 1. The van der Waals surface area contributed by atoms with Gasteiger partial charge in [0.1, 0.15) is 6.61 Å². The van der Waals surface area contributed by atoms with E-state index in [4.69, 9.17) is 10.5 Å². The van der Waals surface area contributed by atoms with Crippen molar-refractivity contribution in [3.05, 3.63) is 90.0 Å². The highest BCUT2D eigenvalue weighted by molar-refractivity contribution is 5.77. The summed E-state index contributed by atoms with van der Waals surface area (Å²) in [6.07, 6.45) is -1.30. The number of anilines is 1. The second-order valence-electron chi connectivity index (χ2n) is 5.74. The third-order valence-electron chi connectivity index (χ3n) is 3.92. The van der Waals surface area contributed by atoms with E-state index in [9.17, 15) is 9.90 Å². The zero-order valence-corrected chi connectivity index (χ0v) is 13.6. The molecular weight excluding hydrogens is 314 g/mol. The van der Waals surface area contributed by atoms with Crippen LogP contribution in [-0.2, 0) is 16.1 Å². The maximum absolute atomic E-state index is 12.0. The summed E-state index contributed by atoms with van der Waals surface area (Å²) in [7, 11) is 0. The molecule has 4 nitrogen and oxygen atoms in total. The molecule has 25 heavy (non-hydrogen) atoms. The number of hydrogen-bond donors (Lipinski definition) is 2. The molecule has 3 aromatic carbocycles. The number of esters is 1. The lowest BCUT2D eigenvalue weighted by atomic mass is 10.0. The smallest absolute Gasteiger partial charge is 0.339 e. The lowest BCUT2D eigenvalue weighted by molar-refractivity contribution is -0.155. The van der Waals surface area contributed by atoms with Gasteiger partial charge in [0.2, 0.25) is 0 Å². The van der Waals surface area contributed by atoms with Crippen molar-refractivity contribution in [2.75, 3.05) is 5.73 Å². The summed E-state index contributed by atoms with van der Waals surface area (Å²) in [4.78, 5) is 12.0. The fourth-order valence-corrected chi connectivity index (χ4v) is 2.48. The lowest BCUT2D eigenvalue weighted by Gasteiger charge is -2.12. The number of rotatable bonds is 5. The standard InChI is InChI=1S/C21H19NO3/c22-19-12-10-17(11-13-19)16-6-8-18(9-7-16)20(23)21(24)25-14-15-4-2-1-3-5-15/h1-13,20,23H,14,22H2. The van der Waals surface area contributed by atoms with Crippen molar-refractivity contribution in [1.82, 2.24) is 0 Å². The minimum absolute atomic E-state index is 0.139. The molecule has 0 spiro atoms. The number of carbonyl (C=O) groups excluding carboxylic acids is 1. The Morgan fingerprint density at radius 1 is 0.880 bits per heavy atom. The third kappa shape index (κ3) is 4.25. The van der Waals surface area contributed by atoms with Gasteiger partial charge in [0.05, 0.1) is 0 Å². The summed E-state index contributed by atoms with van der Waals surface area (Å²) in [6, 6.07) is 24.0. The van der Waals surface area contributed by atoms with E-state index in [-0.39, 0.29) is 6.61 Å². The Morgan fingerprint density at radius 3 is 2.04 bits per heavy atom. The molecular formula is C21H19NO3. The van der Waals surface area contributed by atoms with E-state index in [0.29, 0.717) is 11.3 Å². The van der Waals surface area contributed by atoms with E-state index in [2.05, 4.69) is 0 Å². The number of ether oxygens (including phenoxy) is 1. The summed E-state index contributed by atoms with van der Waals surface area (Å²) in [5.41, 5.74) is 9.76. The Labute approximate surface area is 146 Å². The van der Waals surface area contributed by atoms with Crippen LogP contribution in [0, 0.1) is 0 Å². The van der Waals surface area contributed by atoms with E-state index in [1.165, 1.54) is 0 Å². The second-order valence-corrected chi connectivity index (χ2v) is 5.74. The van der Waals surface area contributed by atoms with Crippen LogP contribution >= 0.6 is 0 Å². The molecule has 0 aliphatic rings. The van der Waals surface area contributed by atoms with Crippen LogP contribution in [0.2, 0.25) is 0 Å². The first-order valence-corrected chi connectivity index (χ1v) is 7.98. The van der Waals surface area contributed by atoms with E-state index in [0.717, 1.165) is 16.7 Å². The Hall–Kier alpha value is -3.11. The first-order valence-electron chi connectivity index (χ1n) is 7.98. The van der Waals surface area contributed by atoms with Gasteiger partial charge in [-0.2, -0.15) is 0 Å². The van der Waals surface area contributed by atoms with Crippen molar-refractivity contribution in [1.29, 1.82) is 0 Å². The predicted octanol–water partition coefficient (Wildman–Crippen LogP) is 3.71. The highest BCUT2D eigenvalue weighted by Gasteiger charge is 2.19. The van der Waals surface area contributed by atoms with Gasteiger partial charge >= 0.3 is 5.97 Å². The van der Waals surface area contributed by atoms with Gasteiger partial charge in [-0.25, -0.2) is 4.79 Å². The van der Waals surface area contributed by atoms with Crippen molar-refractivity contribution in [2.45, 2.75) is 12.7 Å². The van der Waals surface area contributed by atoms with Gasteiger partial charge in [-0.05, 0) is 34.4 Å². The Kier molecular flexibility index (Phi) is 5.11. The summed E-state index contributed by atoms with van der Waals surface area (Å²) < 4.78 is 5.17. The number of aliphatic hydroxyl groups excluding tert-OH is 1. The first kappa shape index (κ1) is 16.7. The van der Waals surface area contributed by atoms with Crippen molar-refractivity contribution in [2.24, 2.45) is 0 Å². The molecule has 3 N–H and O–H groups in total. The monoisotopic (exact) mass is 333 g/mol. The second kappa shape index (κ2) is 7.64. The summed E-state index contributed by atoms with van der Waals surface area (Å²) in [5.74, 6) is -0.663. The number of hydrogen-bond acceptors (Lipinski definition) is 4. The third-order valence-corrected chi connectivity index (χ3v) is 3.92. The molecule has 0 heterocycles. The van der Waals surface area contributed by atoms with E-state index < -0.39 is 12.1 Å². The van der Waals surface area contributed by atoms with Crippen LogP contribution in [0.25, 0.3) is 11.1 Å². The molecule has 1 unspecified atom stereocenters. The Balaban J connectivity index is 1.64. The lowest BCUT2D eigenvalue weighted by Crippen LogP contribution is -2.15. The molecule has 0 bridgehead atoms. The van der Waals surface area contributed by atoms with Gasteiger partial charge in [-0.3, -0.25) is 0 Å². The molecule has 0 fully saturated rings. The van der Waals surface area contributed by atoms with Crippen LogP contribution in [0.4, 0.5) is 5.69 Å². The first-order chi connectivity index (χ1) is 12.1. The summed E-state index contributed by atoms with van der Waals surface area (Å²) >= 11 is 0. The van der Waals surface area contributed by atoms with Gasteiger partial charge in [0.15, 0.2) is 6.10 Å². The van der Waals surface area contributed by atoms with Gasteiger partial charge in [-0.15, -0.1) is 0 Å². The number of aliphatic hydroxyl groups is 1. The summed E-state index contributed by atoms with van der Waals surface area (Å²) in [5, 5.41) is 10.2. The minimum Gasteiger partial charge on any atom is -0.459 e. The average molecular weight is 333 g/mol. The predicted molar refractivity (Wildman–Crippen MR) is 97.5 cm³/mol. The summed E-state index contributed by atoms with van der Waals surface area (Å²) in [6.45, 7) is 0.139. The molecule has 3 rings (SSSR count). The zero-order valence-electron chi connectivity index (χ0n) is 13.6. The molecule has 4 heteroatoms. The van der Waals surface area contributed by atoms with Crippen molar-refractivity contribution >= 4 is 11.7 Å². The fraction of sp³-hybridized carbons (Fsp3) is 0.0952. The molecule has 0 aromatic heterocycles. The maximum Gasteiger partial charge on any atom is 0.339 e. The molecule has 0 radical (unpaired) electrons. The average Bonchev–Trinajstić information content (AvgIpc) is 2.67. The topological polar surface area (TPSA) is 72.5 Å². The molecule has 3 aromatic rings. The minimum atomic E-state index is -1.30. The van der Waals surface area contributed by atoms with Crippen LogP contribution in [-0.4, -0.2) is 11.1 Å². The zero-order chi connectivity index (χ0) is 17.6. The normalized spacial score (nSPS) is 11.7. The highest BCUT2D eigenvalue weighted by Crippen LogP contribution is 2.23. The van der Waals surface area contributed by atoms with Gasteiger partial charge in [0, 0.05) is 5.69 Å². The van der Waals surface area contributed by atoms with E-state index >= 15 is 0 Å². The van der Waals surface area contributed by atoms with Crippen LogP contribution in [0.1, 0.15) is 17.2 Å². The van der Waals surface area contributed by atoms with Crippen molar-refractivity contribution in [3.8, 4) is 11.1 Å². The quantitative estimate of drug-likeness (QED) is 0.551.